The Hall–Kier alpha value is -2.25. The van der Waals surface area contributed by atoms with Crippen molar-refractivity contribution in [2.75, 3.05) is 5.75 Å². The summed E-state index contributed by atoms with van der Waals surface area (Å²) in [7, 11) is 0. The Morgan fingerprint density at radius 2 is 1.95 bits per heavy atom. The van der Waals surface area contributed by atoms with Gasteiger partial charge < -0.3 is 4.42 Å². The predicted molar refractivity (Wildman–Crippen MR) is 76.8 cm³/mol. The van der Waals surface area contributed by atoms with Gasteiger partial charge >= 0.3 is 0 Å². The zero-order chi connectivity index (χ0) is 13.1. The van der Waals surface area contributed by atoms with E-state index in [2.05, 4.69) is 28.3 Å². The van der Waals surface area contributed by atoms with Crippen molar-refractivity contribution < 1.29 is 4.42 Å². The van der Waals surface area contributed by atoms with E-state index in [0.29, 0.717) is 16.9 Å². The van der Waals surface area contributed by atoms with Gasteiger partial charge in [-0.2, -0.15) is 0 Å². The van der Waals surface area contributed by atoms with Gasteiger partial charge in [0.1, 0.15) is 0 Å². The van der Waals surface area contributed by atoms with E-state index >= 15 is 0 Å². The molecule has 0 saturated heterocycles. The summed E-state index contributed by atoms with van der Waals surface area (Å²) in [4.78, 5) is 0. The highest BCUT2D eigenvalue weighted by atomic mass is 32.2. The van der Waals surface area contributed by atoms with E-state index in [4.69, 9.17) is 10.8 Å². The number of hydrogen-bond donors (Lipinski definition) is 0. The van der Waals surface area contributed by atoms with Crippen molar-refractivity contribution in [3.63, 3.8) is 0 Å². The van der Waals surface area contributed by atoms with Crippen LogP contribution in [0, 0.1) is 12.3 Å². The maximum atomic E-state index is 5.57. The zero-order valence-corrected chi connectivity index (χ0v) is 10.9. The van der Waals surface area contributed by atoms with Crippen LogP contribution < -0.4 is 0 Å². The molecule has 0 bridgehead atoms. The van der Waals surface area contributed by atoms with Crippen LogP contribution in [0.2, 0.25) is 0 Å². The lowest BCUT2D eigenvalue weighted by atomic mass is 10.1. The summed E-state index contributed by atoms with van der Waals surface area (Å²) in [5, 5.41) is 10.8. The van der Waals surface area contributed by atoms with Crippen LogP contribution in [-0.2, 0) is 0 Å². The maximum Gasteiger partial charge on any atom is 0.277 e. The van der Waals surface area contributed by atoms with Gasteiger partial charge in [0.15, 0.2) is 0 Å². The minimum atomic E-state index is 0.501. The molecular weight excluding hydrogens is 256 g/mol. The van der Waals surface area contributed by atoms with Crippen LogP contribution in [0.1, 0.15) is 0 Å². The molecule has 0 saturated carbocycles. The van der Waals surface area contributed by atoms with E-state index in [1.165, 1.54) is 17.1 Å². The van der Waals surface area contributed by atoms with Gasteiger partial charge in [0.25, 0.3) is 5.22 Å². The van der Waals surface area contributed by atoms with Crippen molar-refractivity contribution in [2.24, 2.45) is 0 Å². The topological polar surface area (TPSA) is 38.9 Å². The first-order valence-electron chi connectivity index (χ1n) is 5.76. The van der Waals surface area contributed by atoms with Gasteiger partial charge in [0, 0.05) is 5.56 Å². The molecule has 1 aromatic heterocycles. The molecule has 0 aliphatic rings. The van der Waals surface area contributed by atoms with Gasteiger partial charge in [0.2, 0.25) is 5.89 Å². The summed E-state index contributed by atoms with van der Waals surface area (Å²) < 4.78 is 5.57. The number of aromatic nitrogens is 2. The molecule has 3 nitrogen and oxygen atoms in total. The molecule has 0 aliphatic carbocycles. The molecule has 0 amide bonds. The molecule has 0 N–H and O–H groups in total. The zero-order valence-electron chi connectivity index (χ0n) is 10.0. The number of rotatable bonds is 3. The van der Waals surface area contributed by atoms with Crippen molar-refractivity contribution >= 4 is 22.5 Å². The highest BCUT2D eigenvalue weighted by Gasteiger charge is 2.08. The maximum absolute atomic E-state index is 5.57. The number of benzene rings is 2. The third kappa shape index (κ3) is 2.47. The van der Waals surface area contributed by atoms with Crippen LogP contribution in [0.4, 0.5) is 0 Å². The van der Waals surface area contributed by atoms with E-state index in [1.807, 2.05) is 30.3 Å². The third-order valence-corrected chi connectivity index (χ3v) is 3.40. The first-order chi connectivity index (χ1) is 9.36. The molecular formula is C15H10N2OS. The lowest BCUT2D eigenvalue weighted by Gasteiger charge is -1.99. The number of hydrogen-bond acceptors (Lipinski definition) is 4. The summed E-state index contributed by atoms with van der Waals surface area (Å²) in [6, 6.07) is 14.2. The Bertz CT molecular complexity index is 758. The molecule has 0 fully saturated rings. The second-order valence-corrected chi connectivity index (χ2v) is 4.85. The normalized spacial score (nSPS) is 10.5. The molecule has 92 valence electrons. The number of nitrogens with zero attached hydrogens (tertiary/aromatic N) is 2. The summed E-state index contributed by atoms with van der Waals surface area (Å²) in [5.41, 5.74) is 0.916. The summed E-state index contributed by atoms with van der Waals surface area (Å²) in [6.45, 7) is 0. The smallest absolute Gasteiger partial charge is 0.277 e. The highest BCUT2D eigenvalue weighted by molar-refractivity contribution is 7.99. The molecule has 4 heteroatoms. The van der Waals surface area contributed by atoms with Crippen LogP contribution in [0.5, 0.6) is 0 Å². The van der Waals surface area contributed by atoms with Crippen LogP contribution in [-0.4, -0.2) is 16.0 Å². The van der Waals surface area contributed by atoms with Crippen LogP contribution in [0.25, 0.3) is 22.2 Å². The van der Waals surface area contributed by atoms with Crippen molar-refractivity contribution in [1.82, 2.24) is 10.2 Å². The Labute approximate surface area is 115 Å². The van der Waals surface area contributed by atoms with E-state index < -0.39 is 0 Å². The number of fused-ring (bicyclic) bond motifs is 1. The average molecular weight is 266 g/mol. The van der Waals surface area contributed by atoms with Gasteiger partial charge in [-0.05, 0) is 22.9 Å². The van der Waals surface area contributed by atoms with E-state index in [-0.39, 0.29) is 0 Å². The van der Waals surface area contributed by atoms with Crippen molar-refractivity contribution in [2.45, 2.75) is 5.22 Å². The molecule has 1 heterocycles. The fourth-order valence-electron chi connectivity index (χ4n) is 1.81. The van der Waals surface area contributed by atoms with Crippen molar-refractivity contribution in [3.8, 4) is 23.8 Å². The van der Waals surface area contributed by atoms with Crippen molar-refractivity contribution in [1.29, 1.82) is 0 Å². The first-order valence-corrected chi connectivity index (χ1v) is 6.74. The van der Waals surface area contributed by atoms with Crippen LogP contribution in [0.15, 0.2) is 52.1 Å². The Kier molecular flexibility index (Phi) is 3.21. The van der Waals surface area contributed by atoms with Gasteiger partial charge in [-0.25, -0.2) is 0 Å². The number of thioether (sulfide) groups is 1. The lowest BCUT2D eigenvalue weighted by molar-refractivity contribution is 0.466. The second kappa shape index (κ2) is 5.17. The number of terminal acetylenes is 1. The molecule has 3 aromatic rings. The first kappa shape index (κ1) is 11.8. The fraction of sp³-hybridized carbons (Fsp3) is 0.0667. The molecule has 2 aromatic carbocycles. The third-order valence-electron chi connectivity index (χ3n) is 2.68. The van der Waals surface area contributed by atoms with E-state index in [1.54, 1.807) is 0 Å². The second-order valence-electron chi connectivity index (χ2n) is 3.93. The van der Waals surface area contributed by atoms with Crippen molar-refractivity contribution in [3.05, 3.63) is 42.5 Å². The summed E-state index contributed by atoms with van der Waals surface area (Å²) >= 11 is 1.36. The molecule has 3 rings (SSSR count). The molecule has 0 radical (unpaired) electrons. The summed E-state index contributed by atoms with van der Waals surface area (Å²) in [6.07, 6.45) is 5.20. The monoisotopic (exact) mass is 266 g/mol. The Morgan fingerprint density at radius 3 is 2.79 bits per heavy atom. The van der Waals surface area contributed by atoms with Crippen LogP contribution in [0.3, 0.4) is 0 Å². The quantitative estimate of drug-likeness (QED) is 0.536. The molecule has 0 unspecified atom stereocenters. The predicted octanol–water partition coefficient (Wildman–Crippen LogP) is 3.62. The van der Waals surface area contributed by atoms with E-state index in [0.717, 1.165) is 10.9 Å². The fourth-order valence-corrected chi connectivity index (χ4v) is 2.25. The van der Waals surface area contributed by atoms with Gasteiger partial charge in [0.05, 0.1) is 5.75 Å². The van der Waals surface area contributed by atoms with Crippen LogP contribution >= 0.6 is 11.8 Å². The standard InChI is InChI=1S/C15H10N2OS/c1-2-9-19-15-17-16-14(18-15)13-8-7-11-5-3-4-6-12(11)10-13/h1,3-8,10H,9H2. The Balaban J connectivity index is 1.95. The van der Waals surface area contributed by atoms with E-state index in [9.17, 15) is 0 Å². The minimum absolute atomic E-state index is 0.501. The average Bonchev–Trinajstić information content (AvgIpc) is 2.93. The molecule has 0 atom stereocenters. The highest BCUT2D eigenvalue weighted by Crippen LogP contribution is 2.25. The van der Waals surface area contributed by atoms with Gasteiger partial charge in [-0.3, -0.25) is 0 Å². The van der Waals surface area contributed by atoms with Gasteiger partial charge in [-0.1, -0.05) is 48.0 Å². The lowest BCUT2D eigenvalue weighted by Crippen LogP contribution is -1.78. The molecule has 19 heavy (non-hydrogen) atoms. The Morgan fingerprint density at radius 1 is 1.11 bits per heavy atom. The largest absolute Gasteiger partial charge is 0.411 e. The van der Waals surface area contributed by atoms with Gasteiger partial charge in [-0.15, -0.1) is 16.6 Å². The SMILES string of the molecule is C#CCSc1nnc(-c2ccc3ccccc3c2)o1. The summed E-state index contributed by atoms with van der Waals surface area (Å²) in [5.74, 6) is 3.57. The minimum Gasteiger partial charge on any atom is -0.411 e. The molecule has 0 spiro atoms. The molecule has 0 aliphatic heterocycles.